The molecule has 0 fully saturated rings. The first-order valence-corrected chi connectivity index (χ1v) is 10.9. The number of hydrogen-bond acceptors (Lipinski definition) is 2. The van der Waals surface area contributed by atoms with Gasteiger partial charge in [-0.2, -0.15) is 0 Å². The lowest BCUT2D eigenvalue weighted by atomic mass is 9.93. The van der Waals surface area contributed by atoms with Crippen molar-refractivity contribution in [1.29, 1.82) is 0 Å². The van der Waals surface area contributed by atoms with Crippen LogP contribution in [-0.2, 0) is 0 Å². The van der Waals surface area contributed by atoms with Crippen molar-refractivity contribution in [2.45, 2.75) is 0 Å². The number of rotatable bonds is 2. The molecule has 1 aliphatic heterocycles. The van der Waals surface area contributed by atoms with Crippen LogP contribution in [0.3, 0.4) is 0 Å². The maximum absolute atomic E-state index is 11.2. The molecule has 0 amide bonds. The molecule has 27 heavy (non-hydrogen) atoms. The van der Waals surface area contributed by atoms with Gasteiger partial charge in [0, 0.05) is 10.4 Å². The molecule has 0 unspecified atom stereocenters. The van der Waals surface area contributed by atoms with Crippen molar-refractivity contribution >= 4 is 18.9 Å². The lowest BCUT2D eigenvalue weighted by Crippen LogP contribution is -2.56. The Morgan fingerprint density at radius 2 is 1.04 bits per heavy atom. The van der Waals surface area contributed by atoms with E-state index in [0.29, 0.717) is 10.4 Å². The molecule has 0 saturated carbocycles. The summed E-state index contributed by atoms with van der Waals surface area (Å²) in [7, 11) is -3.73. The van der Waals surface area contributed by atoms with E-state index in [1.165, 1.54) is 0 Å². The second-order valence-corrected chi connectivity index (χ2v) is 9.28. The molecule has 0 saturated heterocycles. The van der Waals surface area contributed by atoms with E-state index in [1.807, 2.05) is 72.8 Å². The molecule has 0 atom stereocenters. The van der Waals surface area contributed by atoms with Gasteiger partial charge in [-0.15, -0.1) is 0 Å². The van der Waals surface area contributed by atoms with Crippen LogP contribution in [0.1, 0.15) is 0 Å². The summed E-state index contributed by atoms with van der Waals surface area (Å²) >= 11 is 0. The smallest absolute Gasteiger partial charge is 0.403 e. The van der Waals surface area contributed by atoms with E-state index in [2.05, 4.69) is 24.3 Å². The van der Waals surface area contributed by atoms with E-state index < -0.39 is 8.56 Å². The maximum Gasteiger partial charge on any atom is 0.403 e. The molecule has 0 aliphatic carbocycles. The molecule has 0 bridgehead atoms. The lowest BCUT2D eigenvalue weighted by Gasteiger charge is -2.19. The highest BCUT2D eigenvalue weighted by molar-refractivity contribution is 6.95. The van der Waals surface area contributed by atoms with Crippen molar-refractivity contribution < 1.29 is 9.59 Å². The summed E-state index contributed by atoms with van der Waals surface area (Å²) in [5, 5.41) is 1.36. The third-order valence-corrected chi connectivity index (χ3v) is 7.69. The Bertz CT molecular complexity index is 1140. The molecule has 4 aromatic carbocycles. The molecule has 0 aromatic heterocycles. The van der Waals surface area contributed by atoms with Crippen molar-refractivity contribution in [1.82, 2.24) is 0 Å². The van der Waals surface area contributed by atoms with Gasteiger partial charge in [0.05, 0.1) is 0 Å². The highest BCUT2D eigenvalue weighted by Crippen LogP contribution is 2.35. The average Bonchev–Trinajstić information content (AvgIpc) is 2.96. The normalized spacial score (nSPS) is 13.9. The molecule has 5 rings (SSSR count). The third kappa shape index (κ3) is 2.48. The first-order chi connectivity index (χ1) is 13.2. The maximum atomic E-state index is 11.2. The average molecular weight is 366 g/mol. The van der Waals surface area contributed by atoms with Gasteiger partial charge >= 0.3 is 8.56 Å². The quantitative estimate of drug-likeness (QED) is 0.533. The third-order valence-electron chi connectivity index (χ3n) is 5.27. The Morgan fingerprint density at radius 1 is 0.481 bits per heavy atom. The molecular formula is C24H18O2Si. The van der Waals surface area contributed by atoms with Crippen LogP contribution >= 0.6 is 0 Å². The lowest BCUT2D eigenvalue weighted by molar-refractivity contribution is 0.403. The molecule has 1 heterocycles. The van der Waals surface area contributed by atoms with Crippen LogP contribution in [0.4, 0.5) is 0 Å². The van der Waals surface area contributed by atoms with Gasteiger partial charge in [0.15, 0.2) is 0 Å². The van der Waals surface area contributed by atoms with Crippen LogP contribution in [0.25, 0.3) is 33.4 Å². The minimum absolute atomic E-state index is 0.669. The van der Waals surface area contributed by atoms with Crippen LogP contribution in [0.2, 0.25) is 0 Å². The van der Waals surface area contributed by atoms with Crippen LogP contribution in [0, 0.1) is 0 Å². The summed E-state index contributed by atoms with van der Waals surface area (Å²) in [4.78, 5) is 22.4. The van der Waals surface area contributed by atoms with Crippen LogP contribution < -0.4 is 10.4 Å². The SMILES string of the molecule is O[Si]1(O)c2ccccc2-c2cc(-c3ccccc3)cc(-c3ccccc3)c21. The fourth-order valence-corrected chi connectivity index (χ4v) is 6.40. The van der Waals surface area contributed by atoms with Crippen molar-refractivity contribution in [2.24, 2.45) is 0 Å². The molecular weight excluding hydrogens is 348 g/mol. The van der Waals surface area contributed by atoms with Crippen molar-refractivity contribution in [3.05, 3.63) is 97.1 Å². The van der Waals surface area contributed by atoms with Crippen LogP contribution in [-0.4, -0.2) is 18.2 Å². The Balaban J connectivity index is 1.87. The summed E-state index contributed by atoms with van der Waals surface area (Å²) in [6.07, 6.45) is 0. The van der Waals surface area contributed by atoms with Gasteiger partial charge < -0.3 is 9.59 Å². The predicted octanol–water partition coefficient (Wildman–Crippen LogP) is 3.54. The van der Waals surface area contributed by atoms with Crippen molar-refractivity contribution in [3.63, 3.8) is 0 Å². The summed E-state index contributed by atoms with van der Waals surface area (Å²) in [5.74, 6) is 0. The zero-order valence-corrected chi connectivity index (χ0v) is 15.6. The Labute approximate surface area is 159 Å². The summed E-state index contributed by atoms with van der Waals surface area (Å²) in [5.41, 5.74) is 5.96. The Kier molecular flexibility index (Phi) is 3.62. The molecule has 2 N–H and O–H groups in total. The van der Waals surface area contributed by atoms with E-state index in [4.69, 9.17) is 0 Å². The van der Waals surface area contributed by atoms with Gasteiger partial charge in [-0.25, -0.2) is 0 Å². The molecule has 3 heteroatoms. The molecule has 0 radical (unpaired) electrons. The minimum atomic E-state index is -3.73. The molecule has 0 spiro atoms. The first kappa shape index (κ1) is 16.2. The predicted molar refractivity (Wildman–Crippen MR) is 112 cm³/mol. The highest BCUT2D eigenvalue weighted by atomic mass is 28.4. The molecule has 130 valence electrons. The largest absolute Gasteiger partial charge is 0.404 e. The fourth-order valence-electron chi connectivity index (χ4n) is 4.03. The monoisotopic (exact) mass is 366 g/mol. The van der Waals surface area contributed by atoms with Gasteiger partial charge in [0.2, 0.25) is 0 Å². The number of fused-ring (bicyclic) bond motifs is 3. The van der Waals surface area contributed by atoms with Gasteiger partial charge in [-0.3, -0.25) is 0 Å². The first-order valence-electron chi connectivity index (χ1n) is 9.00. The number of benzene rings is 4. The van der Waals surface area contributed by atoms with E-state index in [1.54, 1.807) is 0 Å². The second-order valence-electron chi connectivity index (χ2n) is 6.90. The fraction of sp³-hybridized carbons (Fsp3) is 0. The van der Waals surface area contributed by atoms with Crippen LogP contribution in [0.15, 0.2) is 97.1 Å². The molecule has 4 aromatic rings. The summed E-state index contributed by atoms with van der Waals surface area (Å²) in [6.45, 7) is 0. The topological polar surface area (TPSA) is 40.5 Å². The van der Waals surface area contributed by atoms with Gasteiger partial charge in [0.25, 0.3) is 0 Å². The van der Waals surface area contributed by atoms with Gasteiger partial charge in [-0.05, 0) is 45.5 Å². The molecule has 1 aliphatic rings. The molecule has 2 nitrogen and oxygen atoms in total. The minimum Gasteiger partial charge on any atom is -0.404 e. The zero-order chi connectivity index (χ0) is 18.4. The summed E-state index contributed by atoms with van der Waals surface area (Å²) in [6, 6.07) is 32.0. The number of hydrogen-bond donors (Lipinski definition) is 2. The van der Waals surface area contributed by atoms with E-state index >= 15 is 0 Å². The van der Waals surface area contributed by atoms with Gasteiger partial charge in [0.1, 0.15) is 0 Å². The van der Waals surface area contributed by atoms with E-state index in [9.17, 15) is 9.59 Å². The van der Waals surface area contributed by atoms with Gasteiger partial charge in [-0.1, -0.05) is 84.9 Å². The van der Waals surface area contributed by atoms with Crippen molar-refractivity contribution in [3.8, 4) is 33.4 Å². The van der Waals surface area contributed by atoms with Crippen molar-refractivity contribution in [2.75, 3.05) is 0 Å². The van der Waals surface area contributed by atoms with E-state index in [-0.39, 0.29) is 0 Å². The highest BCUT2D eigenvalue weighted by Gasteiger charge is 2.46. The zero-order valence-electron chi connectivity index (χ0n) is 14.6. The standard InChI is InChI=1S/C24H18O2Si/c25-27(26)23-14-8-7-13-20(23)22-16-19(17-9-3-1-4-10-17)15-21(24(22)27)18-11-5-2-6-12-18/h1-16,25-26H. The van der Waals surface area contributed by atoms with E-state index in [0.717, 1.165) is 33.4 Å². The summed E-state index contributed by atoms with van der Waals surface area (Å²) < 4.78 is 0. The van der Waals surface area contributed by atoms with Crippen LogP contribution in [0.5, 0.6) is 0 Å². The Morgan fingerprint density at radius 3 is 1.74 bits per heavy atom. The second kappa shape index (κ2) is 6.03. The Hall–Kier alpha value is -2.98.